The Morgan fingerprint density at radius 2 is 1.58 bits per heavy atom. The smallest absolute Gasteiger partial charge is 0.272 e. The molecule has 6 heteroatoms. The molecule has 5 rings (SSSR count). The average molecular weight is 439 g/mol. The van der Waals surface area contributed by atoms with Crippen LogP contribution in [0.2, 0.25) is 0 Å². The molecule has 33 heavy (non-hydrogen) atoms. The minimum Gasteiger partial charge on any atom is -0.335 e. The fourth-order valence-electron chi connectivity index (χ4n) is 4.36. The van der Waals surface area contributed by atoms with Crippen LogP contribution in [0.15, 0.2) is 77.8 Å². The zero-order valence-electron chi connectivity index (χ0n) is 18.5. The molecular weight excluding hydrogens is 412 g/mol. The molecule has 1 amide bonds. The van der Waals surface area contributed by atoms with Crippen LogP contribution in [0.3, 0.4) is 0 Å². The zero-order chi connectivity index (χ0) is 22.6. The van der Waals surface area contributed by atoms with Gasteiger partial charge in [-0.05, 0) is 23.8 Å². The molecule has 0 unspecified atom stereocenters. The summed E-state index contributed by atoms with van der Waals surface area (Å²) in [4.78, 5) is 38.9. The highest BCUT2D eigenvalue weighted by Gasteiger charge is 2.24. The van der Waals surface area contributed by atoms with Crippen molar-refractivity contribution in [3.05, 3.63) is 95.3 Å². The molecule has 166 valence electrons. The van der Waals surface area contributed by atoms with E-state index in [2.05, 4.69) is 16.0 Å². The van der Waals surface area contributed by atoms with Crippen LogP contribution in [0.5, 0.6) is 0 Å². The number of fused-ring (bicyclic) bond motifs is 1. The van der Waals surface area contributed by atoms with E-state index < -0.39 is 0 Å². The van der Waals surface area contributed by atoms with Crippen LogP contribution in [0.1, 0.15) is 38.5 Å². The van der Waals surface area contributed by atoms with Crippen molar-refractivity contribution < 1.29 is 9.59 Å². The van der Waals surface area contributed by atoms with Gasteiger partial charge < -0.3 is 4.90 Å². The van der Waals surface area contributed by atoms with E-state index in [-0.39, 0.29) is 11.7 Å². The molecule has 0 atom stereocenters. The predicted molar refractivity (Wildman–Crippen MR) is 128 cm³/mol. The lowest BCUT2D eigenvalue weighted by Crippen LogP contribution is -2.49. The summed E-state index contributed by atoms with van der Waals surface area (Å²) in [6.07, 6.45) is 1.23. The summed E-state index contributed by atoms with van der Waals surface area (Å²) < 4.78 is 0. The molecule has 6 nitrogen and oxygen atoms in total. The Kier molecular flexibility index (Phi) is 6.09. The third kappa shape index (κ3) is 4.76. The van der Waals surface area contributed by atoms with E-state index >= 15 is 0 Å². The van der Waals surface area contributed by atoms with Crippen LogP contribution in [-0.4, -0.2) is 64.9 Å². The van der Waals surface area contributed by atoms with E-state index in [9.17, 15) is 9.59 Å². The molecule has 2 aromatic carbocycles. The fraction of sp³-hybridized carbons (Fsp3) is 0.259. The Labute approximate surface area is 193 Å². The van der Waals surface area contributed by atoms with Crippen molar-refractivity contribution in [3.63, 3.8) is 0 Å². The first-order valence-corrected chi connectivity index (χ1v) is 11.4. The SMILES string of the molecule is O=C(CCN1CCN(C(=O)c2cccc(C3=Nc4ccccc4C3)n2)CC1)c1ccccc1. The minimum absolute atomic E-state index is 0.0482. The molecular formula is C27H26N4O2. The van der Waals surface area contributed by atoms with Crippen LogP contribution in [0.4, 0.5) is 5.69 Å². The second-order valence-corrected chi connectivity index (χ2v) is 8.45. The molecule has 1 fully saturated rings. The van der Waals surface area contributed by atoms with Crippen LogP contribution in [0.25, 0.3) is 0 Å². The van der Waals surface area contributed by atoms with Gasteiger partial charge in [0, 0.05) is 51.1 Å². The second kappa shape index (κ2) is 9.46. The third-order valence-electron chi connectivity index (χ3n) is 6.28. The van der Waals surface area contributed by atoms with Gasteiger partial charge in [-0.3, -0.25) is 19.5 Å². The third-order valence-corrected chi connectivity index (χ3v) is 6.28. The van der Waals surface area contributed by atoms with E-state index in [1.54, 1.807) is 6.07 Å². The van der Waals surface area contributed by atoms with Crippen molar-refractivity contribution in [2.24, 2.45) is 4.99 Å². The van der Waals surface area contributed by atoms with Gasteiger partial charge in [0.2, 0.25) is 0 Å². The Morgan fingerprint density at radius 1 is 0.818 bits per heavy atom. The van der Waals surface area contributed by atoms with Gasteiger partial charge in [-0.2, -0.15) is 0 Å². The predicted octanol–water partition coefficient (Wildman–Crippen LogP) is 3.79. The highest BCUT2D eigenvalue weighted by molar-refractivity contribution is 6.06. The summed E-state index contributed by atoms with van der Waals surface area (Å²) in [5, 5.41) is 0. The van der Waals surface area contributed by atoms with E-state index in [4.69, 9.17) is 4.99 Å². The van der Waals surface area contributed by atoms with E-state index in [1.165, 1.54) is 5.56 Å². The molecule has 0 saturated carbocycles. The number of amides is 1. The molecule has 1 aromatic heterocycles. The van der Waals surface area contributed by atoms with Crippen molar-refractivity contribution in [2.75, 3.05) is 32.7 Å². The summed E-state index contributed by atoms with van der Waals surface area (Å²) in [6, 6.07) is 23.1. The number of hydrogen-bond donors (Lipinski definition) is 0. The lowest BCUT2D eigenvalue weighted by Gasteiger charge is -2.34. The molecule has 3 heterocycles. The number of nitrogens with zero attached hydrogens (tertiary/aromatic N) is 4. The van der Waals surface area contributed by atoms with Gasteiger partial charge in [0.05, 0.1) is 17.1 Å². The maximum Gasteiger partial charge on any atom is 0.272 e. The summed E-state index contributed by atoms with van der Waals surface area (Å²) in [6.45, 7) is 3.50. The first-order valence-electron chi connectivity index (χ1n) is 11.4. The van der Waals surface area contributed by atoms with E-state index in [1.807, 2.05) is 65.6 Å². The number of aliphatic imine (C=N–C) groups is 1. The van der Waals surface area contributed by atoms with Crippen molar-refractivity contribution >= 4 is 23.1 Å². The van der Waals surface area contributed by atoms with Gasteiger partial charge in [0.1, 0.15) is 5.69 Å². The summed E-state index contributed by atoms with van der Waals surface area (Å²) in [7, 11) is 0. The maximum absolute atomic E-state index is 13.1. The first kappa shape index (κ1) is 21.2. The number of carbonyl (C=O) groups excluding carboxylic acids is 2. The lowest BCUT2D eigenvalue weighted by atomic mass is 10.1. The zero-order valence-corrected chi connectivity index (χ0v) is 18.5. The number of para-hydroxylation sites is 1. The summed E-state index contributed by atoms with van der Waals surface area (Å²) in [5.41, 5.74) is 5.04. The summed E-state index contributed by atoms with van der Waals surface area (Å²) in [5.74, 6) is 0.111. The molecule has 0 N–H and O–H groups in total. The van der Waals surface area contributed by atoms with Crippen LogP contribution in [0, 0.1) is 0 Å². The van der Waals surface area contributed by atoms with Crippen LogP contribution >= 0.6 is 0 Å². The number of ketones is 1. The van der Waals surface area contributed by atoms with E-state index in [0.29, 0.717) is 31.7 Å². The van der Waals surface area contributed by atoms with Gasteiger partial charge in [-0.1, -0.05) is 54.6 Å². The maximum atomic E-state index is 13.1. The molecule has 2 aliphatic heterocycles. The molecule has 1 saturated heterocycles. The van der Waals surface area contributed by atoms with Crippen molar-refractivity contribution in [1.29, 1.82) is 0 Å². The Bertz CT molecular complexity index is 1200. The first-order chi connectivity index (χ1) is 16.2. The number of hydrogen-bond acceptors (Lipinski definition) is 5. The molecule has 2 aliphatic rings. The fourth-order valence-corrected chi connectivity index (χ4v) is 4.36. The highest BCUT2D eigenvalue weighted by atomic mass is 16.2. The number of piperazine rings is 1. The monoisotopic (exact) mass is 438 g/mol. The van der Waals surface area contributed by atoms with E-state index in [0.717, 1.165) is 42.2 Å². The topological polar surface area (TPSA) is 65.9 Å². The minimum atomic E-state index is -0.0482. The van der Waals surface area contributed by atoms with Gasteiger partial charge in [-0.25, -0.2) is 4.98 Å². The number of pyridine rings is 1. The molecule has 3 aromatic rings. The second-order valence-electron chi connectivity index (χ2n) is 8.45. The quantitative estimate of drug-likeness (QED) is 0.550. The Morgan fingerprint density at radius 3 is 2.36 bits per heavy atom. The highest BCUT2D eigenvalue weighted by Crippen LogP contribution is 2.27. The number of aromatic nitrogens is 1. The van der Waals surface area contributed by atoms with Crippen molar-refractivity contribution in [1.82, 2.24) is 14.8 Å². The van der Waals surface area contributed by atoms with Crippen LogP contribution in [-0.2, 0) is 6.42 Å². The van der Waals surface area contributed by atoms with Gasteiger partial charge in [-0.15, -0.1) is 0 Å². The van der Waals surface area contributed by atoms with Gasteiger partial charge in [0.25, 0.3) is 5.91 Å². The average Bonchev–Trinajstić information content (AvgIpc) is 3.32. The number of benzene rings is 2. The number of rotatable bonds is 6. The van der Waals surface area contributed by atoms with Gasteiger partial charge in [0.15, 0.2) is 5.78 Å². The normalized spacial score (nSPS) is 15.8. The standard InChI is InChI=1S/C27H26N4O2/c32-26(20-7-2-1-3-8-20)13-14-30-15-17-31(18-16-30)27(33)24-12-6-11-23(29-24)25-19-21-9-4-5-10-22(21)28-25/h1-12H,13-19H2. The largest absolute Gasteiger partial charge is 0.335 e. The van der Waals surface area contributed by atoms with Gasteiger partial charge >= 0.3 is 0 Å². The van der Waals surface area contributed by atoms with Crippen molar-refractivity contribution in [2.45, 2.75) is 12.8 Å². The number of carbonyl (C=O) groups is 2. The molecule has 0 spiro atoms. The lowest BCUT2D eigenvalue weighted by molar-refractivity contribution is 0.0623. The molecule has 0 radical (unpaired) electrons. The Hall–Kier alpha value is -3.64. The van der Waals surface area contributed by atoms with Crippen LogP contribution < -0.4 is 0 Å². The van der Waals surface area contributed by atoms with Crippen molar-refractivity contribution in [3.8, 4) is 0 Å². The molecule has 0 bridgehead atoms. The Balaban J connectivity index is 1.16. The molecule has 0 aliphatic carbocycles. The summed E-state index contributed by atoms with van der Waals surface area (Å²) >= 11 is 0. The number of Topliss-reactive ketones (excluding diaryl/α,β-unsaturated/α-hetero) is 1.